The van der Waals surface area contributed by atoms with Gasteiger partial charge in [-0.15, -0.1) is 0 Å². The number of nitrogens with two attached hydrogens (primary N) is 1. The topological polar surface area (TPSA) is 55.5 Å². The first-order chi connectivity index (χ1) is 4.16. The summed E-state index contributed by atoms with van der Waals surface area (Å²) in [5, 5.41) is 8.87. The van der Waals surface area contributed by atoms with Gasteiger partial charge < -0.3 is 15.6 Å². The zero-order chi connectivity index (χ0) is 6.91. The van der Waals surface area contributed by atoms with Crippen LogP contribution < -0.4 is 5.73 Å². The van der Waals surface area contributed by atoms with Crippen molar-refractivity contribution in [3.8, 4) is 0 Å². The van der Waals surface area contributed by atoms with Crippen LogP contribution in [0.2, 0.25) is 0 Å². The monoisotopic (exact) mass is 131 g/mol. The molecule has 0 radical (unpaired) electrons. The highest BCUT2D eigenvalue weighted by atomic mass is 16.5. The second-order valence-electron chi connectivity index (χ2n) is 2.86. The predicted octanol–water partition coefficient (Wildman–Crippen LogP) is -0.515. The largest absolute Gasteiger partial charge is 0.393 e. The third-order valence-electron chi connectivity index (χ3n) is 1.72. The van der Waals surface area contributed by atoms with E-state index in [0.29, 0.717) is 19.4 Å². The standard InChI is InChI=1S/C6H13NO2/c1-9-4-6(7)2-5(8)3-6/h5,8H,2-4,7H2,1H3. The molecule has 0 saturated heterocycles. The van der Waals surface area contributed by atoms with Crippen LogP contribution in [0.1, 0.15) is 12.8 Å². The summed E-state index contributed by atoms with van der Waals surface area (Å²) < 4.78 is 4.86. The Kier molecular flexibility index (Phi) is 1.75. The van der Waals surface area contributed by atoms with Crippen LogP contribution in [-0.2, 0) is 4.74 Å². The molecule has 0 unspecified atom stereocenters. The van der Waals surface area contributed by atoms with Crippen molar-refractivity contribution in [3.63, 3.8) is 0 Å². The average molecular weight is 131 g/mol. The minimum atomic E-state index is -0.228. The Morgan fingerprint density at radius 3 is 2.67 bits per heavy atom. The van der Waals surface area contributed by atoms with Gasteiger partial charge in [-0.2, -0.15) is 0 Å². The Bertz CT molecular complexity index is 93.7. The highest BCUT2D eigenvalue weighted by Gasteiger charge is 2.39. The fourth-order valence-electron chi connectivity index (χ4n) is 1.28. The lowest BCUT2D eigenvalue weighted by atomic mass is 9.76. The molecule has 54 valence electrons. The molecule has 1 aliphatic carbocycles. The van der Waals surface area contributed by atoms with Gasteiger partial charge in [0.1, 0.15) is 0 Å². The number of hydrogen-bond donors (Lipinski definition) is 2. The normalized spacial score (nSPS) is 42.3. The van der Waals surface area contributed by atoms with Crippen molar-refractivity contribution in [2.24, 2.45) is 5.73 Å². The molecule has 0 bridgehead atoms. The summed E-state index contributed by atoms with van der Waals surface area (Å²) in [5.41, 5.74) is 5.49. The zero-order valence-corrected chi connectivity index (χ0v) is 5.63. The number of methoxy groups -OCH3 is 1. The first-order valence-electron chi connectivity index (χ1n) is 3.12. The molecule has 0 heterocycles. The van der Waals surface area contributed by atoms with Gasteiger partial charge in [0.05, 0.1) is 12.7 Å². The third kappa shape index (κ3) is 1.41. The molecule has 0 aliphatic heterocycles. The van der Waals surface area contributed by atoms with E-state index >= 15 is 0 Å². The number of aliphatic hydroxyl groups is 1. The lowest BCUT2D eigenvalue weighted by molar-refractivity contribution is -0.0175. The average Bonchev–Trinajstić information content (AvgIpc) is 1.62. The Labute approximate surface area is 54.8 Å². The highest BCUT2D eigenvalue weighted by molar-refractivity contribution is 4.98. The van der Waals surface area contributed by atoms with Crippen molar-refractivity contribution >= 4 is 0 Å². The molecule has 3 N–H and O–H groups in total. The van der Waals surface area contributed by atoms with Crippen LogP contribution in [0.3, 0.4) is 0 Å². The quantitative estimate of drug-likeness (QED) is 0.530. The summed E-state index contributed by atoms with van der Waals surface area (Å²) in [6.45, 7) is 0.560. The lowest BCUT2D eigenvalue weighted by Crippen LogP contribution is -2.57. The molecule has 1 saturated carbocycles. The van der Waals surface area contributed by atoms with E-state index < -0.39 is 0 Å². The molecule has 0 spiro atoms. The highest BCUT2D eigenvalue weighted by Crippen LogP contribution is 2.29. The second-order valence-corrected chi connectivity index (χ2v) is 2.86. The van der Waals surface area contributed by atoms with Gasteiger partial charge in [-0.3, -0.25) is 0 Å². The number of aliphatic hydroxyl groups excluding tert-OH is 1. The van der Waals surface area contributed by atoms with Crippen LogP contribution in [0.5, 0.6) is 0 Å². The first kappa shape index (κ1) is 6.99. The fourth-order valence-corrected chi connectivity index (χ4v) is 1.28. The van der Waals surface area contributed by atoms with E-state index in [2.05, 4.69) is 0 Å². The van der Waals surface area contributed by atoms with Gasteiger partial charge in [-0.1, -0.05) is 0 Å². The van der Waals surface area contributed by atoms with Crippen LogP contribution in [0.4, 0.5) is 0 Å². The van der Waals surface area contributed by atoms with Crippen LogP contribution in [-0.4, -0.2) is 30.5 Å². The Balaban J connectivity index is 2.23. The van der Waals surface area contributed by atoms with Crippen LogP contribution in [0.25, 0.3) is 0 Å². The maximum absolute atomic E-state index is 8.87. The summed E-state index contributed by atoms with van der Waals surface area (Å²) in [6.07, 6.45) is 1.17. The fraction of sp³-hybridized carbons (Fsp3) is 1.00. The molecule has 0 amide bonds. The van der Waals surface area contributed by atoms with E-state index in [-0.39, 0.29) is 11.6 Å². The van der Waals surface area contributed by atoms with Crippen LogP contribution in [0.15, 0.2) is 0 Å². The maximum atomic E-state index is 8.87. The van der Waals surface area contributed by atoms with Gasteiger partial charge in [0.15, 0.2) is 0 Å². The summed E-state index contributed by atoms with van der Waals surface area (Å²) in [6, 6.07) is 0. The van der Waals surface area contributed by atoms with Crippen molar-refractivity contribution in [3.05, 3.63) is 0 Å². The van der Waals surface area contributed by atoms with E-state index in [1.165, 1.54) is 0 Å². The first-order valence-corrected chi connectivity index (χ1v) is 3.12. The molecular formula is C6H13NO2. The molecular weight excluding hydrogens is 118 g/mol. The Morgan fingerprint density at radius 2 is 2.33 bits per heavy atom. The minimum absolute atomic E-state index is 0.190. The lowest BCUT2D eigenvalue weighted by Gasteiger charge is -2.41. The summed E-state index contributed by atoms with van der Waals surface area (Å²) >= 11 is 0. The van der Waals surface area contributed by atoms with Crippen molar-refractivity contribution < 1.29 is 9.84 Å². The van der Waals surface area contributed by atoms with Gasteiger partial charge in [0, 0.05) is 12.6 Å². The number of ether oxygens (including phenoxy) is 1. The van der Waals surface area contributed by atoms with Gasteiger partial charge >= 0.3 is 0 Å². The van der Waals surface area contributed by atoms with E-state index in [4.69, 9.17) is 15.6 Å². The van der Waals surface area contributed by atoms with Crippen LogP contribution in [0, 0.1) is 0 Å². The summed E-state index contributed by atoms with van der Waals surface area (Å²) in [5.74, 6) is 0. The summed E-state index contributed by atoms with van der Waals surface area (Å²) in [7, 11) is 1.62. The smallest absolute Gasteiger partial charge is 0.0644 e. The Morgan fingerprint density at radius 1 is 1.78 bits per heavy atom. The molecule has 0 atom stereocenters. The molecule has 9 heavy (non-hydrogen) atoms. The van der Waals surface area contributed by atoms with Gasteiger partial charge in [0.2, 0.25) is 0 Å². The molecule has 3 heteroatoms. The molecule has 0 aromatic carbocycles. The molecule has 1 rings (SSSR count). The van der Waals surface area contributed by atoms with Crippen molar-refractivity contribution in [1.82, 2.24) is 0 Å². The molecule has 1 fully saturated rings. The summed E-state index contributed by atoms with van der Waals surface area (Å²) in [4.78, 5) is 0. The second kappa shape index (κ2) is 2.25. The zero-order valence-electron chi connectivity index (χ0n) is 5.63. The van der Waals surface area contributed by atoms with Crippen molar-refractivity contribution in [2.75, 3.05) is 13.7 Å². The number of rotatable bonds is 2. The van der Waals surface area contributed by atoms with Gasteiger partial charge in [-0.25, -0.2) is 0 Å². The van der Waals surface area contributed by atoms with Crippen molar-refractivity contribution in [2.45, 2.75) is 24.5 Å². The van der Waals surface area contributed by atoms with Gasteiger partial charge in [0.25, 0.3) is 0 Å². The Hall–Kier alpha value is -0.120. The van der Waals surface area contributed by atoms with E-state index in [0.717, 1.165) is 0 Å². The number of hydrogen-bond acceptors (Lipinski definition) is 3. The SMILES string of the molecule is COCC1(N)CC(O)C1. The van der Waals surface area contributed by atoms with E-state index in [9.17, 15) is 0 Å². The van der Waals surface area contributed by atoms with E-state index in [1.54, 1.807) is 7.11 Å². The molecule has 0 aromatic rings. The van der Waals surface area contributed by atoms with Crippen LogP contribution >= 0.6 is 0 Å². The molecule has 0 aromatic heterocycles. The van der Waals surface area contributed by atoms with Gasteiger partial charge in [-0.05, 0) is 12.8 Å². The van der Waals surface area contributed by atoms with E-state index in [1.807, 2.05) is 0 Å². The molecule has 3 nitrogen and oxygen atoms in total. The minimum Gasteiger partial charge on any atom is -0.393 e. The third-order valence-corrected chi connectivity index (χ3v) is 1.72. The molecule has 1 aliphatic rings. The predicted molar refractivity (Wildman–Crippen MR) is 34.0 cm³/mol. The maximum Gasteiger partial charge on any atom is 0.0644 e. The van der Waals surface area contributed by atoms with Crippen molar-refractivity contribution in [1.29, 1.82) is 0 Å².